The van der Waals surface area contributed by atoms with E-state index in [0.717, 1.165) is 22.0 Å². The lowest BCUT2D eigenvalue weighted by atomic mass is 10.1. The van der Waals surface area contributed by atoms with Crippen molar-refractivity contribution in [2.45, 2.75) is 23.0 Å². The summed E-state index contributed by atoms with van der Waals surface area (Å²) in [5.41, 5.74) is 1.64. The second-order valence-corrected chi connectivity index (χ2v) is 8.55. The first kappa shape index (κ1) is 16.2. The van der Waals surface area contributed by atoms with Gasteiger partial charge in [-0.1, -0.05) is 18.2 Å². The van der Waals surface area contributed by atoms with Gasteiger partial charge in [0.25, 0.3) is 0 Å². The summed E-state index contributed by atoms with van der Waals surface area (Å²) in [5, 5.41) is -0.441. The summed E-state index contributed by atoms with van der Waals surface area (Å²) < 4.78 is 33.4. The van der Waals surface area contributed by atoms with Gasteiger partial charge in [0, 0.05) is 10.6 Å². The molecule has 0 fully saturated rings. The van der Waals surface area contributed by atoms with Crippen LogP contribution in [0.25, 0.3) is 0 Å². The number of methoxy groups -OCH3 is 1. The summed E-state index contributed by atoms with van der Waals surface area (Å²) in [6.07, 6.45) is 1.13. The summed E-state index contributed by atoms with van der Waals surface area (Å²) in [6.45, 7) is 0. The molecule has 1 heterocycles. The number of rotatable bonds is 4. The van der Waals surface area contributed by atoms with Crippen molar-refractivity contribution in [3.05, 3.63) is 54.1 Å². The lowest BCUT2D eigenvalue weighted by Crippen LogP contribution is -2.29. The van der Waals surface area contributed by atoms with Crippen molar-refractivity contribution in [1.29, 1.82) is 0 Å². The molecule has 2 aromatic carbocycles. The zero-order valence-corrected chi connectivity index (χ0v) is 14.5. The molecule has 0 saturated carbocycles. The fourth-order valence-electron chi connectivity index (χ4n) is 2.65. The van der Waals surface area contributed by atoms with Crippen molar-refractivity contribution in [3.63, 3.8) is 0 Å². The SMILES string of the molecule is COc1ccc2c(c1)CC(S(=O)(=O)Nc1ccccc1)CCS2. The highest BCUT2D eigenvalue weighted by Gasteiger charge is 2.29. The number of benzene rings is 2. The zero-order chi connectivity index (χ0) is 16.3. The highest BCUT2D eigenvalue weighted by atomic mass is 32.2. The van der Waals surface area contributed by atoms with Gasteiger partial charge < -0.3 is 4.74 Å². The molecule has 3 rings (SSSR count). The Hall–Kier alpha value is -1.66. The molecule has 2 aromatic rings. The fraction of sp³-hybridized carbons (Fsp3) is 0.294. The summed E-state index contributed by atoms with van der Waals surface area (Å²) in [6, 6.07) is 14.9. The second-order valence-electron chi connectivity index (χ2n) is 5.45. The van der Waals surface area contributed by atoms with Gasteiger partial charge in [-0.25, -0.2) is 8.42 Å². The Morgan fingerprint density at radius 1 is 1.17 bits per heavy atom. The number of anilines is 1. The molecule has 0 bridgehead atoms. The summed E-state index contributed by atoms with van der Waals surface area (Å²) >= 11 is 1.71. The molecule has 1 N–H and O–H groups in total. The maximum atomic E-state index is 12.7. The summed E-state index contributed by atoms with van der Waals surface area (Å²) in [5.74, 6) is 1.55. The van der Waals surface area contributed by atoms with Crippen LogP contribution in [-0.4, -0.2) is 26.5 Å². The fourth-order valence-corrected chi connectivity index (χ4v) is 5.37. The molecular weight excluding hydrogens is 330 g/mol. The van der Waals surface area contributed by atoms with Gasteiger partial charge in [-0.3, -0.25) is 4.72 Å². The minimum absolute atomic E-state index is 0.441. The number of fused-ring (bicyclic) bond motifs is 1. The molecule has 0 aromatic heterocycles. The van der Waals surface area contributed by atoms with E-state index in [1.165, 1.54) is 0 Å². The monoisotopic (exact) mass is 349 g/mol. The average molecular weight is 349 g/mol. The van der Waals surface area contributed by atoms with Gasteiger partial charge in [0.05, 0.1) is 12.4 Å². The molecule has 122 valence electrons. The molecule has 6 heteroatoms. The summed E-state index contributed by atoms with van der Waals surface area (Å²) in [7, 11) is -1.80. The van der Waals surface area contributed by atoms with Crippen LogP contribution in [-0.2, 0) is 16.4 Å². The largest absolute Gasteiger partial charge is 0.497 e. The molecule has 0 saturated heterocycles. The molecule has 1 aliphatic heterocycles. The van der Waals surface area contributed by atoms with E-state index < -0.39 is 15.3 Å². The number of sulfonamides is 1. The number of thioether (sulfide) groups is 1. The normalized spacial score (nSPS) is 17.9. The van der Waals surface area contributed by atoms with Gasteiger partial charge in [0.15, 0.2) is 0 Å². The van der Waals surface area contributed by atoms with E-state index in [9.17, 15) is 8.42 Å². The van der Waals surface area contributed by atoms with Crippen molar-refractivity contribution in [3.8, 4) is 5.75 Å². The standard InChI is InChI=1S/C17H19NO3S2/c1-21-15-7-8-17-13(11-15)12-16(9-10-22-17)23(19,20)18-14-5-3-2-4-6-14/h2-8,11,16,18H,9-10,12H2,1H3. The van der Waals surface area contributed by atoms with Crippen molar-refractivity contribution < 1.29 is 13.2 Å². The van der Waals surface area contributed by atoms with Gasteiger partial charge >= 0.3 is 0 Å². The zero-order valence-electron chi connectivity index (χ0n) is 12.9. The van der Waals surface area contributed by atoms with Gasteiger partial charge in [-0.2, -0.15) is 0 Å². The Morgan fingerprint density at radius 3 is 2.70 bits per heavy atom. The molecule has 0 aliphatic carbocycles. The highest BCUT2D eigenvalue weighted by molar-refractivity contribution is 7.99. The first-order chi connectivity index (χ1) is 11.1. The Labute approximate surface area is 141 Å². The lowest BCUT2D eigenvalue weighted by molar-refractivity contribution is 0.413. The topological polar surface area (TPSA) is 55.4 Å². The molecular formula is C17H19NO3S2. The number of nitrogens with one attached hydrogen (secondary N) is 1. The van der Waals surface area contributed by atoms with E-state index in [1.54, 1.807) is 31.0 Å². The maximum Gasteiger partial charge on any atom is 0.235 e. The van der Waals surface area contributed by atoms with Gasteiger partial charge in [0.1, 0.15) is 5.75 Å². The minimum atomic E-state index is -3.43. The van der Waals surface area contributed by atoms with E-state index in [4.69, 9.17) is 4.74 Å². The Bertz CT molecular complexity index is 776. The third-order valence-corrected chi connectivity index (χ3v) is 6.83. The van der Waals surface area contributed by atoms with Crippen LogP contribution in [0.1, 0.15) is 12.0 Å². The van der Waals surface area contributed by atoms with Crippen LogP contribution in [0.4, 0.5) is 5.69 Å². The van der Waals surface area contributed by atoms with E-state index in [-0.39, 0.29) is 0 Å². The minimum Gasteiger partial charge on any atom is -0.497 e. The van der Waals surface area contributed by atoms with Crippen molar-refractivity contribution in [2.75, 3.05) is 17.6 Å². The Kier molecular flexibility index (Phi) is 4.82. The quantitative estimate of drug-likeness (QED) is 0.917. The molecule has 1 aliphatic rings. The van der Waals surface area contributed by atoms with Crippen LogP contribution in [0.3, 0.4) is 0 Å². The van der Waals surface area contributed by atoms with Crippen LogP contribution >= 0.6 is 11.8 Å². The van der Waals surface area contributed by atoms with Gasteiger partial charge in [-0.05, 0) is 54.5 Å². The maximum absolute atomic E-state index is 12.7. The molecule has 0 spiro atoms. The molecule has 4 nitrogen and oxygen atoms in total. The van der Waals surface area contributed by atoms with Crippen LogP contribution in [0.2, 0.25) is 0 Å². The van der Waals surface area contributed by atoms with E-state index in [2.05, 4.69) is 4.72 Å². The summed E-state index contributed by atoms with van der Waals surface area (Å²) in [4.78, 5) is 1.14. The van der Waals surface area contributed by atoms with E-state index in [0.29, 0.717) is 18.5 Å². The molecule has 23 heavy (non-hydrogen) atoms. The molecule has 0 amide bonds. The first-order valence-corrected chi connectivity index (χ1v) is 9.98. The van der Waals surface area contributed by atoms with Crippen molar-refractivity contribution in [2.24, 2.45) is 0 Å². The van der Waals surface area contributed by atoms with Crippen LogP contribution in [0.15, 0.2) is 53.4 Å². The Balaban J connectivity index is 1.84. The molecule has 1 atom stereocenters. The number of hydrogen-bond acceptors (Lipinski definition) is 4. The number of ether oxygens (including phenoxy) is 1. The first-order valence-electron chi connectivity index (χ1n) is 7.45. The Morgan fingerprint density at radius 2 is 1.96 bits per heavy atom. The average Bonchev–Trinajstić information content (AvgIpc) is 2.77. The van der Waals surface area contributed by atoms with E-state index >= 15 is 0 Å². The van der Waals surface area contributed by atoms with Crippen LogP contribution < -0.4 is 9.46 Å². The van der Waals surface area contributed by atoms with Gasteiger partial charge in [-0.15, -0.1) is 11.8 Å². The van der Waals surface area contributed by atoms with Crippen molar-refractivity contribution in [1.82, 2.24) is 0 Å². The molecule has 0 radical (unpaired) electrons. The third kappa shape index (κ3) is 3.82. The van der Waals surface area contributed by atoms with Crippen LogP contribution in [0.5, 0.6) is 5.75 Å². The lowest BCUT2D eigenvalue weighted by Gasteiger charge is -2.17. The van der Waals surface area contributed by atoms with Gasteiger partial charge in [0.2, 0.25) is 10.0 Å². The van der Waals surface area contributed by atoms with Crippen LogP contribution in [0, 0.1) is 0 Å². The number of hydrogen-bond donors (Lipinski definition) is 1. The third-order valence-electron chi connectivity index (χ3n) is 3.89. The predicted molar refractivity (Wildman–Crippen MR) is 94.8 cm³/mol. The van der Waals surface area contributed by atoms with Crippen molar-refractivity contribution >= 4 is 27.5 Å². The second kappa shape index (κ2) is 6.84. The molecule has 1 unspecified atom stereocenters. The van der Waals surface area contributed by atoms with E-state index in [1.807, 2.05) is 36.4 Å². The number of para-hydroxylation sites is 1. The highest BCUT2D eigenvalue weighted by Crippen LogP contribution is 2.33. The smallest absolute Gasteiger partial charge is 0.235 e. The predicted octanol–water partition coefficient (Wildman–Crippen LogP) is 3.54.